The van der Waals surface area contributed by atoms with E-state index < -0.39 is 5.91 Å². The van der Waals surface area contributed by atoms with Crippen LogP contribution in [0.1, 0.15) is 16.2 Å². The number of hydrogen-bond donors (Lipinski definition) is 1. The lowest BCUT2D eigenvalue weighted by molar-refractivity contribution is 0.0991. The van der Waals surface area contributed by atoms with Crippen molar-refractivity contribution in [2.24, 2.45) is 5.73 Å². The molecule has 119 valence electrons. The van der Waals surface area contributed by atoms with Gasteiger partial charge in [-0.3, -0.25) is 4.79 Å². The second kappa shape index (κ2) is 5.49. The molecule has 1 aliphatic rings. The number of primary amides is 1. The molecule has 6 nitrogen and oxygen atoms in total. The summed E-state index contributed by atoms with van der Waals surface area (Å²) in [6.45, 7) is 0.766. The molecule has 0 bridgehead atoms. The largest absolute Gasteiger partial charge is 0.497 e. The molecule has 1 aliphatic heterocycles. The van der Waals surface area contributed by atoms with E-state index in [4.69, 9.17) is 10.5 Å². The minimum Gasteiger partial charge on any atom is -0.497 e. The lowest BCUT2D eigenvalue weighted by atomic mass is 10.1. The first-order valence-electron chi connectivity index (χ1n) is 7.59. The van der Waals surface area contributed by atoms with Crippen LogP contribution in [-0.4, -0.2) is 29.5 Å². The maximum atomic E-state index is 11.6. The van der Waals surface area contributed by atoms with Crippen molar-refractivity contribution in [3.8, 4) is 5.75 Å². The Kier molecular flexibility index (Phi) is 3.30. The Morgan fingerprint density at radius 1 is 1.33 bits per heavy atom. The van der Waals surface area contributed by atoms with Crippen molar-refractivity contribution in [1.82, 2.24) is 9.97 Å². The summed E-state index contributed by atoms with van der Waals surface area (Å²) in [5.41, 5.74) is 8.31. The van der Waals surface area contributed by atoms with Gasteiger partial charge in [0.15, 0.2) is 0 Å². The third kappa shape index (κ3) is 2.23. The Morgan fingerprint density at radius 2 is 2.21 bits per heavy atom. The maximum absolute atomic E-state index is 11.6. The monoisotopic (exact) mass is 319 g/mol. The lowest BCUT2D eigenvalue weighted by Crippen LogP contribution is -2.20. The van der Waals surface area contributed by atoms with E-state index in [1.54, 1.807) is 19.2 Å². The van der Waals surface area contributed by atoms with E-state index in [0.717, 1.165) is 29.8 Å². The van der Waals surface area contributed by atoms with Crippen LogP contribution in [0.5, 0.6) is 5.75 Å². The summed E-state index contributed by atoms with van der Waals surface area (Å²) in [5, 5.41) is 0.839. The van der Waals surface area contributed by atoms with Crippen molar-refractivity contribution >= 4 is 28.3 Å². The van der Waals surface area contributed by atoms with Crippen LogP contribution < -0.4 is 15.4 Å². The molecule has 0 aliphatic carbocycles. The number of nitrogens with zero attached hydrogens (tertiary/aromatic N) is 3. The molecule has 24 heavy (non-hydrogen) atoms. The molecule has 1 amide bonds. The first-order chi connectivity index (χ1) is 11.7. The highest BCUT2D eigenvalue weighted by Crippen LogP contribution is 2.38. The number of benzene rings is 2. The highest BCUT2D eigenvalue weighted by molar-refractivity contribution is 5.97. The number of rotatable bonds is 3. The van der Waals surface area contributed by atoms with Crippen LogP contribution in [0.25, 0.3) is 10.9 Å². The number of ether oxygens (including phenoxy) is 1. The van der Waals surface area contributed by atoms with Crippen LogP contribution >= 0.6 is 0 Å². The molecule has 1 radical (unpaired) electrons. The molecular weight excluding hydrogens is 304 g/mol. The van der Waals surface area contributed by atoms with Gasteiger partial charge in [-0.05, 0) is 48.4 Å². The fourth-order valence-corrected chi connectivity index (χ4v) is 3.04. The maximum Gasteiger partial charge on any atom is 0.286 e. The fourth-order valence-electron chi connectivity index (χ4n) is 3.04. The zero-order valence-corrected chi connectivity index (χ0v) is 13.1. The van der Waals surface area contributed by atoms with Crippen LogP contribution in [0.3, 0.4) is 0 Å². The molecule has 0 saturated heterocycles. The summed E-state index contributed by atoms with van der Waals surface area (Å²) in [5.74, 6) is 0.884. The minimum atomic E-state index is -0.639. The van der Waals surface area contributed by atoms with E-state index in [-0.39, 0.29) is 5.82 Å². The van der Waals surface area contributed by atoms with Gasteiger partial charge in [0.05, 0.1) is 12.6 Å². The molecule has 0 unspecified atom stereocenters. The smallest absolute Gasteiger partial charge is 0.286 e. The van der Waals surface area contributed by atoms with Gasteiger partial charge in [0.1, 0.15) is 11.6 Å². The van der Waals surface area contributed by atoms with Crippen molar-refractivity contribution in [2.45, 2.75) is 6.42 Å². The average molecular weight is 319 g/mol. The van der Waals surface area contributed by atoms with E-state index in [9.17, 15) is 4.79 Å². The normalized spacial score (nSPS) is 13.1. The van der Waals surface area contributed by atoms with Gasteiger partial charge in [0, 0.05) is 17.6 Å². The van der Waals surface area contributed by atoms with Crippen molar-refractivity contribution in [3.63, 3.8) is 0 Å². The molecule has 1 aromatic heterocycles. The highest BCUT2D eigenvalue weighted by atomic mass is 16.5. The first-order valence-corrected chi connectivity index (χ1v) is 7.59. The van der Waals surface area contributed by atoms with Gasteiger partial charge < -0.3 is 15.4 Å². The van der Waals surface area contributed by atoms with E-state index in [2.05, 4.69) is 20.9 Å². The molecule has 0 fully saturated rings. The van der Waals surface area contributed by atoms with Crippen LogP contribution in [0.4, 0.5) is 11.5 Å². The predicted molar refractivity (Wildman–Crippen MR) is 90.6 cm³/mol. The number of carbonyl (C=O) groups excluding carboxylic acids is 1. The van der Waals surface area contributed by atoms with E-state index >= 15 is 0 Å². The van der Waals surface area contributed by atoms with Crippen LogP contribution in [0.2, 0.25) is 0 Å². The molecule has 2 heterocycles. The summed E-state index contributed by atoms with van der Waals surface area (Å²) in [6.07, 6.45) is 0.875. The number of amides is 1. The SMILES string of the molecule is COc1ccc2c(c1)CCN2c1nc(C(N)=O)nc2cc[c]cc12. The summed E-state index contributed by atoms with van der Waals surface area (Å²) >= 11 is 0. The minimum absolute atomic E-state index is 0.0191. The second-order valence-electron chi connectivity index (χ2n) is 5.57. The Balaban J connectivity index is 1.90. The van der Waals surface area contributed by atoms with E-state index in [1.165, 1.54) is 5.56 Å². The number of nitrogens with two attached hydrogens (primary N) is 1. The van der Waals surface area contributed by atoms with Crippen LogP contribution in [-0.2, 0) is 6.42 Å². The van der Waals surface area contributed by atoms with Gasteiger partial charge in [-0.15, -0.1) is 0 Å². The topological polar surface area (TPSA) is 81.3 Å². The van der Waals surface area contributed by atoms with Crippen molar-refractivity contribution < 1.29 is 9.53 Å². The molecule has 0 atom stereocenters. The second-order valence-corrected chi connectivity index (χ2v) is 5.57. The Labute approximate surface area is 138 Å². The van der Waals surface area contributed by atoms with Gasteiger partial charge in [-0.25, -0.2) is 9.97 Å². The molecular formula is C18H15N4O2. The van der Waals surface area contributed by atoms with Crippen molar-refractivity contribution in [2.75, 3.05) is 18.6 Å². The molecule has 3 aromatic rings. The first kappa shape index (κ1) is 14.4. The molecule has 4 rings (SSSR count). The predicted octanol–water partition coefficient (Wildman–Crippen LogP) is 2.23. The van der Waals surface area contributed by atoms with Gasteiger partial charge in [-0.1, -0.05) is 6.07 Å². The zero-order valence-electron chi connectivity index (χ0n) is 13.1. The third-order valence-corrected chi connectivity index (χ3v) is 4.18. The molecule has 0 saturated carbocycles. The summed E-state index contributed by atoms with van der Waals surface area (Å²) in [6, 6.07) is 14.4. The Morgan fingerprint density at radius 3 is 3.00 bits per heavy atom. The standard InChI is InChI=1S/C18H15N4O2/c1-24-12-6-7-15-11(10-12)8-9-22(15)18-13-4-2-3-5-14(13)20-17(21-18)16(19)23/h3-7,10H,8-9H2,1H3,(H2,19,23). The third-order valence-electron chi connectivity index (χ3n) is 4.18. The Bertz CT molecular complexity index is 955. The lowest BCUT2D eigenvalue weighted by Gasteiger charge is -2.20. The van der Waals surface area contributed by atoms with E-state index in [0.29, 0.717) is 11.3 Å². The van der Waals surface area contributed by atoms with Gasteiger partial charge >= 0.3 is 0 Å². The number of anilines is 2. The number of fused-ring (bicyclic) bond motifs is 2. The number of hydrogen-bond acceptors (Lipinski definition) is 5. The summed E-state index contributed by atoms with van der Waals surface area (Å²) in [4.78, 5) is 22.3. The molecule has 6 heteroatoms. The number of aromatic nitrogens is 2. The molecule has 2 N–H and O–H groups in total. The van der Waals surface area contributed by atoms with E-state index in [1.807, 2.05) is 24.3 Å². The summed E-state index contributed by atoms with van der Waals surface area (Å²) in [7, 11) is 1.65. The van der Waals surface area contributed by atoms with Crippen LogP contribution in [0.15, 0.2) is 36.4 Å². The zero-order chi connectivity index (χ0) is 16.7. The van der Waals surface area contributed by atoms with Gasteiger partial charge in [0.25, 0.3) is 5.91 Å². The number of methoxy groups -OCH3 is 1. The van der Waals surface area contributed by atoms with Crippen LogP contribution in [0, 0.1) is 6.07 Å². The molecule has 2 aromatic carbocycles. The van der Waals surface area contributed by atoms with Gasteiger partial charge in [-0.2, -0.15) is 0 Å². The van der Waals surface area contributed by atoms with Gasteiger partial charge in [0.2, 0.25) is 5.82 Å². The summed E-state index contributed by atoms with van der Waals surface area (Å²) < 4.78 is 5.29. The Hall–Kier alpha value is -3.15. The van der Waals surface area contributed by atoms with Crippen molar-refractivity contribution in [1.29, 1.82) is 0 Å². The molecule has 0 spiro atoms. The highest BCUT2D eigenvalue weighted by Gasteiger charge is 2.25. The fraction of sp³-hybridized carbons (Fsp3) is 0.167. The number of carbonyl (C=O) groups is 1. The average Bonchev–Trinajstić information content (AvgIpc) is 3.03. The van der Waals surface area contributed by atoms with Crippen molar-refractivity contribution in [3.05, 3.63) is 53.9 Å². The quantitative estimate of drug-likeness (QED) is 0.800.